The highest BCUT2D eigenvalue weighted by Gasteiger charge is 2.30. The van der Waals surface area contributed by atoms with Crippen LogP contribution in [0.3, 0.4) is 0 Å². The monoisotopic (exact) mass is 383 g/mol. The summed E-state index contributed by atoms with van der Waals surface area (Å²) in [5.74, 6) is 0.726. The summed E-state index contributed by atoms with van der Waals surface area (Å²) in [6.45, 7) is 11.0. The van der Waals surface area contributed by atoms with Crippen molar-refractivity contribution in [1.29, 1.82) is 0 Å². The molecule has 0 radical (unpaired) electrons. The summed E-state index contributed by atoms with van der Waals surface area (Å²) in [5.41, 5.74) is 11.2. The fourth-order valence-electron chi connectivity index (χ4n) is 3.62. The summed E-state index contributed by atoms with van der Waals surface area (Å²) < 4.78 is 5.48. The molecule has 3 rings (SSSR count). The van der Waals surface area contributed by atoms with E-state index in [2.05, 4.69) is 34.0 Å². The van der Waals surface area contributed by atoms with E-state index in [0.29, 0.717) is 41.6 Å². The number of aryl methyl sites for hydroxylation is 2. The van der Waals surface area contributed by atoms with E-state index < -0.39 is 0 Å². The number of aliphatic imine (C=N–C) groups is 1. The molecule has 0 unspecified atom stereocenters. The van der Waals surface area contributed by atoms with E-state index in [1.807, 2.05) is 26.8 Å². The lowest BCUT2D eigenvalue weighted by atomic mass is 9.74. The molecular weight excluding hydrogens is 354 g/mol. The maximum Gasteiger partial charge on any atom is 0.274 e. The zero-order valence-electron chi connectivity index (χ0n) is 17.3. The Balaban J connectivity index is 2.01. The van der Waals surface area contributed by atoms with Gasteiger partial charge >= 0.3 is 0 Å². The molecule has 2 heterocycles. The fourth-order valence-corrected chi connectivity index (χ4v) is 3.62. The Kier molecular flexibility index (Phi) is 5.54. The minimum absolute atomic E-state index is 0.0839. The molecule has 28 heavy (non-hydrogen) atoms. The average molecular weight is 383 g/mol. The number of nitrogens with zero attached hydrogens (tertiary/aromatic N) is 3. The molecule has 1 aliphatic carbocycles. The molecule has 2 aromatic heterocycles. The van der Waals surface area contributed by atoms with Crippen LogP contribution >= 0.6 is 0 Å². The van der Waals surface area contributed by atoms with Gasteiger partial charge in [0, 0.05) is 34.7 Å². The minimum atomic E-state index is -0.0839. The van der Waals surface area contributed by atoms with Crippen LogP contribution < -0.4 is 11.3 Å². The maximum atomic E-state index is 12.0. The number of hydrogen-bond donors (Lipinski definition) is 2. The van der Waals surface area contributed by atoms with Crippen LogP contribution in [0.1, 0.15) is 64.1 Å². The Morgan fingerprint density at radius 3 is 2.82 bits per heavy atom. The molecule has 0 atom stereocenters. The van der Waals surface area contributed by atoms with E-state index in [1.165, 1.54) is 0 Å². The number of pyridine rings is 1. The SMILES string of the molecule is CCN=C1CC(C)(C)CCC1=C(N)c1nc(-c2cc(CC)c(=O)[nH]c2C)no1. The van der Waals surface area contributed by atoms with Crippen molar-refractivity contribution in [2.24, 2.45) is 16.1 Å². The van der Waals surface area contributed by atoms with Crippen molar-refractivity contribution in [1.82, 2.24) is 15.1 Å². The topological polar surface area (TPSA) is 110 Å². The van der Waals surface area contributed by atoms with Crippen LogP contribution in [0.4, 0.5) is 0 Å². The van der Waals surface area contributed by atoms with E-state index in [1.54, 1.807) is 0 Å². The molecule has 1 saturated carbocycles. The maximum absolute atomic E-state index is 12.0. The lowest BCUT2D eigenvalue weighted by Crippen LogP contribution is -2.26. The van der Waals surface area contributed by atoms with Gasteiger partial charge in [0.05, 0.1) is 0 Å². The predicted molar refractivity (Wildman–Crippen MR) is 111 cm³/mol. The number of nitrogens with one attached hydrogen (secondary N) is 1. The first kappa shape index (κ1) is 20.0. The number of aromatic nitrogens is 3. The van der Waals surface area contributed by atoms with Crippen LogP contribution in [-0.2, 0) is 6.42 Å². The molecular formula is C21H29N5O2. The predicted octanol–water partition coefficient (Wildman–Crippen LogP) is 3.64. The average Bonchev–Trinajstić information content (AvgIpc) is 3.11. The highest BCUT2D eigenvalue weighted by atomic mass is 16.5. The number of rotatable bonds is 4. The van der Waals surface area contributed by atoms with Crippen LogP contribution in [-0.4, -0.2) is 27.4 Å². The fraction of sp³-hybridized carbons (Fsp3) is 0.524. The zero-order chi connectivity index (χ0) is 20.5. The van der Waals surface area contributed by atoms with Gasteiger partial charge in [0.15, 0.2) is 0 Å². The van der Waals surface area contributed by atoms with Crippen molar-refractivity contribution in [2.45, 2.75) is 60.3 Å². The van der Waals surface area contributed by atoms with Gasteiger partial charge in [-0.05, 0) is 51.0 Å². The Bertz CT molecular complexity index is 994. The summed E-state index contributed by atoms with van der Waals surface area (Å²) in [4.78, 5) is 24.0. The highest BCUT2D eigenvalue weighted by Crippen LogP contribution is 2.38. The summed E-state index contributed by atoms with van der Waals surface area (Å²) >= 11 is 0. The summed E-state index contributed by atoms with van der Waals surface area (Å²) in [6, 6.07) is 1.82. The van der Waals surface area contributed by atoms with Crippen molar-refractivity contribution in [2.75, 3.05) is 6.54 Å². The van der Waals surface area contributed by atoms with E-state index >= 15 is 0 Å². The largest absolute Gasteiger partial charge is 0.394 e. The van der Waals surface area contributed by atoms with Crippen molar-refractivity contribution < 1.29 is 4.52 Å². The first-order valence-corrected chi connectivity index (χ1v) is 9.85. The normalized spacial score (nSPS) is 19.8. The van der Waals surface area contributed by atoms with Gasteiger partial charge in [-0.3, -0.25) is 9.79 Å². The van der Waals surface area contributed by atoms with Gasteiger partial charge in [-0.2, -0.15) is 4.98 Å². The number of nitrogens with two attached hydrogens (primary N) is 1. The third-order valence-corrected chi connectivity index (χ3v) is 5.31. The molecule has 1 aliphatic rings. The lowest BCUT2D eigenvalue weighted by Gasteiger charge is -2.32. The summed E-state index contributed by atoms with van der Waals surface area (Å²) in [7, 11) is 0. The van der Waals surface area contributed by atoms with E-state index in [9.17, 15) is 4.79 Å². The van der Waals surface area contributed by atoms with E-state index in [4.69, 9.17) is 10.3 Å². The van der Waals surface area contributed by atoms with Crippen molar-refractivity contribution in [3.05, 3.63) is 39.1 Å². The molecule has 7 nitrogen and oxygen atoms in total. The Hall–Kier alpha value is -2.70. The molecule has 2 aromatic rings. The Labute approximate surface area is 165 Å². The third-order valence-electron chi connectivity index (χ3n) is 5.31. The van der Waals surface area contributed by atoms with Crippen LogP contribution in [0.2, 0.25) is 0 Å². The zero-order valence-corrected chi connectivity index (χ0v) is 17.3. The first-order chi connectivity index (χ1) is 13.3. The summed E-state index contributed by atoms with van der Waals surface area (Å²) in [5, 5.41) is 4.11. The molecule has 0 bridgehead atoms. The summed E-state index contributed by atoms with van der Waals surface area (Å²) in [6.07, 6.45) is 3.39. The van der Waals surface area contributed by atoms with E-state index in [0.717, 1.165) is 36.1 Å². The molecule has 0 aliphatic heterocycles. The van der Waals surface area contributed by atoms with Gasteiger partial charge in [0.1, 0.15) is 5.70 Å². The van der Waals surface area contributed by atoms with Crippen molar-refractivity contribution in [3.63, 3.8) is 0 Å². The second-order valence-electron chi connectivity index (χ2n) is 8.09. The van der Waals surface area contributed by atoms with Crippen LogP contribution in [0, 0.1) is 12.3 Å². The number of allylic oxidation sites excluding steroid dienone is 1. The second kappa shape index (κ2) is 7.73. The minimum Gasteiger partial charge on any atom is -0.394 e. The molecule has 0 spiro atoms. The quantitative estimate of drug-likeness (QED) is 0.837. The molecule has 150 valence electrons. The van der Waals surface area contributed by atoms with Crippen molar-refractivity contribution >= 4 is 11.4 Å². The molecule has 0 saturated heterocycles. The van der Waals surface area contributed by atoms with Crippen LogP contribution in [0.15, 0.2) is 25.9 Å². The number of aromatic amines is 1. The van der Waals surface area contributed by atoms with Gasteiger partial charge in [0.25, 0.3) is 11.4 Å². The first-order valence-electron chi connectivity index (χ1n) is 9.85. The highest BCUT2D eigenvalue weighted by molar-refractivity contribution is 6.06. The Morgan fingerprint density at radius 1 is 1.39 bits per heavy atom. The molecule has 0 amide bonds. The van der Waals surface area contributed by atoms with Crippen LogP contribution in [0.5, 0.6) is 0 Å². The lowest BCUT2D eigenvalue weighted by molar-refractivity contribution is 0.338. The number of H-pyrrole nitrogens is 1. The molecule has 7 heteroatoms. The molecule has 0 aromatic carbocycles. The smallest absolute Gasteiger partial charge is 0.274 e. The van der Waals surface area contributed by atoms with Gasteiger partial charge < -0.3 is 15.2 Å². The third kappa shape index (κ3) is 3.93. The molecule has 3 N–H and O–H groups in total. The van der Waals surface area contributed by atoms with E-state index in [-0.39, 0.29) is 11.0 Å². The van der Waals surface area contributed by atoms with Crippen molar-refractivity contribution in [3.8, 4) is 11.4 Å². The van der Waals surface area contributed by atoms with Gasteiger partial charge in [0.2, 0.25) is 5.82 Å². The van der Waals surface area contributed by atoms with Gasteiger partial charge in [-0.1, -0.05) is 25.9 Å². The van der Waals surface area contributed by atoms with Gasteiger partial charge in [-0.15, -0.1) is 0 Å². The van der Waals surface area contributed by atoms with Gasteiger partial charge in [-0.25, -0.2) is 0 Å². The Morgan fingerprint density at radius 2 is 2.14 bits per heavy atom. The second-order valence-corrected chi connectivity index (χ2v) is 8.09. The molecule has 1 fully saturated rings. The number of hydrogen-bond acceptors (Lipinski definition) is 6. The standard InChI is InChI=1S/C21H29N5O2/c1-6-13-10-15(12(3)24-19(13)27)18-25-20(28-26-18)17(22)14-8-9-21(4,5)11-16(14)23-7-2/h10H,6-9,11,22H2,1-5H3,(H,24,27). The van der Waals surface area contributed by atoms with Crippen LogP contribution in [0.25, 0.3) is 17.1 Å².